The van der Waals surface area contributed by atoms with Gasteiger partial charge >= 0.3 is 0 Å². The van der Waals surface area contributed by atoms with E-state index in [1.54, 1.807) is 30.3 Å². The Kier molecular flexibility index (Phi) is 6.28. The summed E-state index contributed by atoms with van der Waals surface area (Å²) >= 11 is 0. The number of halogens is 2. The fourth-order valence-corrected chi connectivity index (χ4v) is 4.13. The summed E-state index contributed by atoms with van der Waals surface area (Å²) in [4.78, 5) is 0. The first kappa shape index (κ1) is 17.3. The molecule has 4 nitrogen and oxygen atoms in total. The number of rotatable bonds is 7. The van der Waals surface area contributed by atoms with Crippen molar-refractivity contribution >= 4 is 10.1 Å². The summed E-state index contributed by atoms with van der Waals surface area (Å²) in [5.41, 5.74) is 0.597. The van der Waals surface area contributed by atoms with E-state index in [2.05, 4.69) is 5.32 Å². The maximum Gasteiger partial charge on any atom is 0.268 e. The van der Waals surface area contributed by atoms with Crippen LogP contribution in [0.3, 0.4) is 0 Å². The van der Waals surface area contributed by atoms with E-state index in [-0.39, 0.29) is 6.10 Å². The molecule has 0 aliphatic carbocycles. The zero-order valence-electron chi connectivity index (χ0n) is 12.3. The topological polar surface area (TPSA) is 55.4 Å². The van der Waals surface area contributed by atoms with Crippen LogP contribution in [-0.4, -0.2) is 39.8 Å². The molecule has 0 bridgehead atoms. The van der Waals surface area contributed by atoms with E-state index in [0.717, 1.165) is 0 Å². The molecule has 1 aliphatic rings. The van der Waals surface area contributed by atoms with E-state index < -0.39 is 34.6 Å². The van der Waals surface area contributed by atoms with Gasteiger partial charge in [0, 0.05) is 12.3 Å². The maximum atomic E-state index is 12.8. The van der Waals surface area contributed by atoms with Crippen LogP contribution in [0.5, 0.6) is 0 Å². The summed E-state index contributed by atoms with van der Waals surface area (Å²) in [6.45, 7) is 1.42. The van der Waals surface area contributed by atoms with Gasteiger partial charge in [0.05, 0.1) is 11.9 Å². The monoisotopic (exact) mass is 333 g/mol. The molecule has 1 heterocycles. The summed E-state index contributed by atoms with van der Waals surface area (Å²) in [5, 5.41) is 3.12. The second-order valence-electron chi connectivity index (χ2n) is 5.50. The molecule has 0 amide bonds. The van der Waals surface area contributed by atoms with Gasteiger partial charge in [-0.3, -0.25) is 4.18 Å². The van der Waals surface area contributed by atoms with Crippen LogP contribution < -0.4 is 5.32 Å². The lowest BCUT2D eigenvalue weighted by atomic mass is 9.98. The van der Waals surface area contributed by atoms with Gasteiger partial charge in [0.25, 0.3) is 10.1 Å². The highest BCUT2D eigenvalue weighted by molar-refractivity contribution is 7.86. The Morgan fingerprint density at radius 1 is 1.18 bits per heavy atom. The van der Waals surface area contributed by atoms with Gasteiger partial charge in [-0.2, -0.15) is 8.42 Å². The molecule has 1 N–H and O–H groups in total. The van der Waals surface area contributed by atoms with Crippen molar-refractivity contribution in [3.05, 3.63) is 35.9 Å². The van der Waals surface area contributed by atoms with Crippen LogP contribution in [0.25, 0.3) is 0 Å². The van der Waals surface area contributed by atoms with Crippen LogP contribution in [0.4, 0.5) is 8.78 Å². The molecule has 0 spiro atoms. The zero-order chi connectivity index (χ0) is 16.0. The molecule has 124 valence electrons. The molecule has 0 aromatic heterocycles. The summed E-state index contributed by atoms with van der Waals surface area (Å²) < 4.78 is 55.1. The van der Waals surface area contributed by atoms with Crippen LogP contribution in [0.1, 0.15) is 30.7 Å². The molecule has 1 atom stereocenters. The van der Waals surface area contributed by atoms with Gasteiger partial charge in [-0.1, -0.05) is 30.3 Å². The molecule has 22 heavy (non-hydrogen) atoms. The first-order valence-corrected chi connectivity index (χ1v) is 8.99. The van der Waals surface area contributed by atoms with Crippen LogP contribution in [0.15, 0.2) is 30.3 Å². The van der Waals surface area contributed by atoms with E-state index >= 15 is 0 Å². The standard InChI is InChI=1S/C15H21F2NO3S/c16-15(17)10-13(12-4-2-1-3-5-12)11-22(19,20)21-14-6-8-18-9-7-14/h1-5,13-15,18H,6-11H2/t13-/m0/s1. The molecule has 1 fully saturated rings. The highest BCUT2D eigenvalue weighted by atomic mass is 32.2. The Hall–Kier alpha value is -1.05. The summed E-state index contributed by atoms with van der Waals surface area (Å²) in [6.07, 6.45) is -2.17. The highest BCUT2D eigenvalue weighted by Crippen LogP contribution is 2.26. The van der Waals surface area contributed by atoms with Gasteiger partial charge in [0.2, 0.25) is 6.43 Å². The Balaban J connectivity index is 2.04. The lowest BCUT2D eigenvalue weighted by molar-refractivity contribution is 0.129. The van der Waals surface area contributed by atoms with E-state index in [1.165, 1.54) is 0 Å². The average Bonchev–Trinajstić information content (AvgIpc) is 2.47. The highest BCUT2D eigenvalue weighted by Gasteiger charge is 2.27. The molecule has 7 heteroatoms. The fraction of sp³-hybridized carbons (Fsp3) is 0.600. The zero-order valence-corrected chi connectivity index (χ0v) is 13.1. The van der Waals surface area contributed by atoms with Gasteiger partial charge in [-0.25, -0.2) is 8.78 Å². The molecule has 1 aliphatic heterocycles. The largest absolute Gasteiger partial charge is 0.317 e. The summed E-state index contributed by atoms with van der Waals surface area (Å²) in [7, 11) is -3.84. The smallest absolute Gasteiger partial charge is 0.268 e. The molecular weight excluding hydrogens is 312 g/mol. The van der Waals surface area contributed by atoms with Crippen LogP contribution in [0, 0.1) is 0 Å². The molecular formula is C15H21F2NO3S. The molecule has 1 aromatic carbocycles. The van der Waals surface area contributed by atoms with Crippen LogP contribution in [0.2, 0.25) is 0 Å². The van der Waals surface area contributed by atoms with Gasteiger partial charge in [0.15, 0.2) is 0 Å². The Bertz CT molecular complexity index is 545. The van der Waals surface area contributed by atoms with E-state index in [4.69, 9.17) is 4.18 Å². The van der Waals surface area contributed by atoms with E-state index in [1.807, 2.05) is 0 Å². The number of benzene rings is 1. The first-order valence-electron chi connectivity index (χ1n) is 7.41. The molecule has 0 saturated carbocycles. The summed E-state index contributed by atoms with van der Waals surface area (Å²) in [6, 6.07) is 8.55. The van der Waals surface area contributed by atoms with Gasteiger partial charge in [0.1, 0.15) is 0 Å². The number of piperidine rings is 1. The van der Waals surface area contributed by atoms with Crippen LogP contribution >= 0.6 is 0 Å². The second-order valence-corrected chi connectivity index (χ2v) is 7.15. The van der Waals surface area contributed by atoms with Crippen molar-refractivity contribution in [2.24, 2.45) is 0 Å². The average molecular weight is 333 g/mol. The predicted molar refractivity (Wildman–Crippen MR) is 80.6 cm³/mol. The molecule has 1 saturated heterocycles. The SMILES string of the molecule is O=S(=O)(C[C@H](CC(F)F)c1ccccc1)OC1CCNCC1. The third-order valence-electron chi connectivity index (χ3n) is 3.71. The number of hydrogen-bond donors (Lipinski definition) is 1. The van der Waals surface area contributed by atoms with Crippen LogP contribution in [-0.2, 0) is 14.3 Å². The van der Waals surface area contributed by atoms with Gasteiger partial charge < -0.3 is 5.32 Å². The lowest BCUT2D eigenvalue weighted by Gasteiger charge is -2.24. The Morgan fingerprint density at radius 3 is 2.41 bits per heavy atom. The van der Waals surface area contributed by atoms with Gasteiger partial charge in [-0.05, 0) is 31.5 Å². The minimum atomic E-state index is -3.84. The minimum absolute atomic E-state index is 0.353. The van der Waals surface area contributed by atoms with E-state index in [9.17, 15) is 17.2 Å². The molecule has 2 rings (SSSR count). The number of hydrogen-bond acceptors (Lipinski definition) is 4. The van der Waals surface area contributed by atoms with Crippen molar-refractivity contribution in [1.82, 2.24) is 5.32 Å². The van der Waals surface area contributed by atoms with Gasteiger partial charge in [-0.15, -0.1) is 0 Å². The van der Waals surface area contributed by atoms with Crippen molar-refractivity contribution in [3.8, 4) is 0 Å². The third-order valence-corrected chi connectivity index (χ3v) is 5.08. The van der Waals surface area contributed by atoms with Crippen molar-refractivity contribution in [2.45, 2.75) is 37.7 Å². The second kappa shape index (κ2) is 7.99. The normalized spacial score (nSPS) is 18.5. The third kappa shape index (κ3) is 5.62. The maximum absolute atomic E-state index is 12.8. The van der Waals surface area contributed by atoms with E-state index in [0.29, 0.717) is 31.5 Å². The van der Waals surface area contributed by atoms with Crippen molar-refractivity contribution < 1.29 is 21.4 Å². The number of alkyl halides is 2. The van der Waals surface area contributed by atoms with Crippen molar-refractivity contribution in [2.75, 3.05) is 18.8 Å². The molecule has 0 radical (unpaired) electrons. The molecule has 1 aromatic rings. The lowest BCUT2D eigenvalue weighted by Crippen LogP contribution is -2.34. The first-order chi connectivity index (χ1) is 10.5. The molecule has 0 unspecified atom stereocenters. The Labute approximate surface area is 130 Å². The Morgan fingerprint density at radius 2 is 1.82 bits per heavy atom. The number of nitrogens with one attached hydrogen (secondary N) is 1. The summed E-state index contributed by atoms with van der Waals surface area (Å²) in [5.74, 6) is -1.17. The minimum Gasteiger partial charge on any atom is -0.317 e. The predicted octanol–water partition coefficient (Wildman–Crippen LogP) is 2.52. The van der Waals surface area contributed by atoms with Crippen molar-refractivity contribution in [1.29, 1.82) is 0 Å². The quantitative estimate of drug-likeness (QED) is 0.779. The van der Waals surface area contributed by atoms with Crippen molar-refractivity contribution in [3.63, 3.8) is 0 Å². The fourth-order valence-electron chi connectivity index (χ4n) is 2.63.